The summed E-state index contributed by atoms with van der Waals surface area (Å²) >= 11 is 0. The van der Waals surface area contributed by atoms with Gasteiger partial charge in [0, 0.05) is 12.5 Å². The van der Waals surface area contributed by atoms with Gasteiger partial charge in [-0.15, -0.1) is 6.58 Å². The van der Waals surface area contributed by atoms with E-state index in [1.54, 1.807) is 6.08 Å². The molecule has 0 spiro atoms. The fourth-order valence-corrected chi connectivity index (χ4v) is 1.60. The number of aliphatic hydroxyl groups is 1. The van der Waals surface area contributed by atoms with Crippen LogP contribution in [0.1, 0.15) is 19.8 Å². The maximum Gasteiger partial charge on any atom is 0.0915 e. The molecule has 0 amide bonds. The normalized spacial score (nSPS) is 25.0. The molecule has 0 bridgehead atoms. The Labute approximate surface area is 78.5 Å². The van der Waals surface area contributed by atoms with Crippen molar-refractivity contribution in [3.63, 3.8) is 0 Å². The van der Waals surface area contributed by atoms with E-state index in [2.05, 4.69) is 6.58 Å². The van der Waals surface area contributed by atoms with Gasteiger partial charge in [-0.1, -0.05) is 6.08 Å². The average Bonchev–Trinajstić information content (AvgIpc) is 2.34. The zero-order chi connectivity index (χ0) is 9.84. The van der Waals surface area contributed by atoms with Crippen LogP contribution in [-0.2, 0) is 0 Å². The van der Waals surface area contributed by atoms with Crippen molar-refractivity contribution in [3.8, 4) is 6.07 Å². The third-order valence-corrected chi connectivity index (χ3v) is 2.36. The molecule has 1 aliphatic rings. The highest BCUT2D eigenvalue weighted by Gasteiger charge is 2.23. The minimum atomic E-state index is -0.408. The molecule has 13 heavy (non-hydrogen) atoms. The van der Waals surface area contributed by atoms with Crippen LogP contribution in [-0.4, -0.2) is 11.2 Å². The highest BCUT2D eigenvalue weighted by Crippen LogP contribution is 2.33. The van der Waals surface area contributed by atoms with Crippen LogP contribution < -0.4 is 0 Å². The summed E-state index contributed by atoms with van der Waals surface area (Å²) in [5, 5.41) is 18.1. The number of hydrogen-bond donors (Lipinski definition) is 1. The van der Waals surface area contributed by atoms with Gasteiger partial charge >= 0.3 is 0 Å². The van der Waals surface area contributed by atoms with Crippen LogP contribution in [0.15, 0.2) is 35.5 Å². The van der Waals surface area contributed by atoms with E-state index in [1.807, 2.05) is 13.0 Å². The Balaban J connectivity index is 3.00. The van der Waals surface area contributed by atoms with Gasteiger partial charge in [0.1, 0.15) is 0 Å². The molecule has 0 saturated carbocycles. The molecule has 2 nitrogen and oxygen atoms in total. The van der Waals surface area contributed by atoms with E-state index in [-0.39, 0.29) is 0 Å². The number of allylic oxidation sites excluding steroid dienone is 3. The minimum absolute atomic E-state index is 0.408. The Kier molecular flexibility index (Phi) is 3.05. The van der Waals surface area contributed by atoms with E-state index in [4.69, 9.17) is 5.26 Å². The lowest BCUT2D eigenvalue weighted by atomic mass is 10.0. The van der Waals surface area contributed by atoms with Crippen molar-refractivity contribution in [3.05, 3.63) is 35.5 Å². The average molecular weight is 175 g/mol. The van der Waals surface area contributed by atoms with Crippen LogP contribution in [0.25, 0.3) is 0 Å². The van der Waals surface area contributed by atoms with Crippen LogP contribution in [0, 0.1) is 11.3 Å². The van der Waals surface area contributed by atoms with Gasteiger partial charge in [0.25, 0.3) is 0 Å². The fourth-order valence-electron chi connectivity index (χ4n) is 1.60. The van der Waals surface area contributed by atoms with Crippen molar-refractivity contribution in [2.24, 2.45) is 0 Å². The summed E-state index contributed by atoms with van der Waals surface area (Å²) in [5.41, 5.74) is 3.00. The zero-order valence-electron chi connectivity index (χ0n) is 7.75. The van der Waals surface area contributed by atoms with Gasteiger partial charge < -0.3 is 5.11 Å². The Morgan fingerprint density at radius 3 is 3.00 bits per heavy atom. The summed E-state index contributed by atoms with van der Waals surface area (Å²) in [4.78, 5) is 0. The molecule has 0 aromatic heterocycles. The van der Waals surface area contributed by atoms with Crippen LogP contribution in [0.2, 0.25) is 0 Å². The van der Waals surface area contributed by atoms with Gasteiger partial charge in [-0.3, -0.25) is 0 Å². The molecular weight excluding hydrogens is 162 g/mol. The van der Waals surface area contributed by atoms with Crippen molar-refractivity contribution < 1.29 is 5.11 Å². The second kappa shape index (κ2) is 4.06. The monoisotopic (exact) mass is 175 g/mol. The lowest BCUT2D eigenvalue weighted by Crippen LogP contribution is -2.01. The zero-order valence-corrected chi connectivity index (χ0v) is 7.75. The first-order chi connectivity index (χ1) is 6.20. The van der Waals surface area contributed by atoms with Crippen LogP contribution in [0.3, 0.4) is 0 Å². The van der Waals surface area contributed by atoms with Gasteiger partial charge in [-0.25, -0.2) is 0 Å². The smallest absolute Gasteiger partial charge is 0.0915 e. The lowest BCUT2D eigenvalue weighted by molar-refractivity contribution is 0.219. The second-order valence-corrected chi connectivity index (χ2v) is 3.17. The molecule has 1 N–H and O–H groups in total. The second-order valence-electron chi connectivity index (χ2n) is 3.17. The number of aliphatic hydroxyl groups excluding tert-OH is 1. The van der Waals surface area contributed by atoms with Crippen molar-refractivity contribution in [1.29, 1.82) is 5.26 Å². The molecule has 0 aromatic carbocycles. The van der Waals surface area contributed by atoms with E-state index >= 15 is 0 Å². The fraction of sp³-hybridized carbons (Fsp3) is 0.364. The SMILES string of the molecule is C=CCC1=C(C)C(O)C/C1=C/C#N. The summed E-state index contributed by atoms with van der Waals surface area (Å²) < 4.78 is 0. The quantitative estimate of drug-likeness (QED) is 0.516. The molecule has 2 heteroatoms. The third kappa shape index (κ3) is 1.88. The molecule has 1 atom stereocenters. The molecule has 1 rings (SSSR count). The first kappa shape index (κ1) is 9.76. The summed E-state index contributed by atoms with van der Waals surface area (Å²) in [5.74, 6) is 0. The molecule has 0 radical (unpaired) electrons. The molecule has 68 valence electrons. The topological polar surface area (TPSA) is 44.0 Å². The molecule has 1 aliphatic carbocycles. The molecule has 0 aromatic rings. The molecule has 0 fully saturated rings. The maximum atomic E-state index is 9.55. The van der Waals surface area contributed by atoms with E-state index in [9.17, 15) is 5.11 Å². The summed E-state index contributed by atoms with van der Waals surface area (Å²) in [6, 6.07) is 2.00. The van der Waals surface area contributed by atoms with Crippen LogP contribution in [0.5, 0.6) is 0 Å². The van der Waals surface area contributed by atoms with Crippen molar-refractivity contribution >= 4 is 0 Å². The number of nitrogens with zero attached hydrogens (tertiary/aromatic N) is 1. The Hall–Kier alpha value is -1.33. The van der Waals surface area contributed by atoms with E-state index in [0.717, 1.165) is 23.1 Å². The molecule has 1 unspecified atom stereocenters. The first-order valence-corrected chi connectivity index (χ1v) is 4.28. The van der Waals surface area contributed by atoms with Gasteiger partial charge in [0.2, 0.25) is 0 Å². The highest BCUT2D eigenvalue weighted by molar-refractivity contribution is 5.46. The van der Waals surface area contributed by atoms with E-state index in [1.165, 1.54) is 6.08 Å². The third-order valence-electron chi connectivity index (χ3n) is 2.36. The highest BCUT2D eigenvalue weighted by atomic mass is 16.3. The van der Waals surface area contributed by atoms with E-state index < -0.39 is 6.10 Å². The first-order valence-electron chi connectivity index (χ1n) is 4.28. The predicted octanol–water partition coefficient (Wildman–Crippen LogP) is 2.09. The van der Waals surface area contributed by atoms with Crippen molar-refractivity contribution in [2.75, 3.05) is 0 Å². The van der Waals surface area contributed by atoms with Gasteiger partial charge in [0.05, 0.1) is 12.2 Å². The number of rotatable bonds is 2. The molecule has 0 heterocycles. The molecule has 0 saturated heterocycles. The molecule has 0 aliphatic heterocycles. The summed E-state index contributed by atoms with van der Waals surface area (Å²) in [6.45, 7) is 5.56. The predicted molar refractivity (Wildman–Crippen MR) is 51.8 cm³/mol. The standard InChI is InChI=1S/C11H13NO/c1-3-4-10-8(2)11(13)7-9(10)5-6-12/h3,5,11,13H,1,4,7H2,2H3/b9-5-. The van der Waals surface area contributed by atoms with Gasteiger partial charge in [-0.05, 0) is 30.1 Å². The maximum absolute atomic E-state index is 9.55. The number of hydrogen-bond acceptors (Lipinski definition) is 2. The number of nitriles is 1. The van der Waals surface area contributed by atoms with Crippen molar-refractivity contribution in [2.45, 2.75) is 25.9 Å². The largest absolute Gasteiger partial charge is 0.388 e. The lowest BCUT2D eigenvalue weighted by Gasteiger charge is -2.01. The van der Waals surface area contributed by atoms with Crippen LogP contribution >= 0.6 is 0 Å². The Morgan fingerprint density at radius 1 is 1.77 bits per heavy atom. The Morgan fingerprint density at radius 2 is 2.46 bits per heavy atom. The van der Waals surface area contributed by atoms with Gasteiger partial charge in [0.15, 0.2) is 0 Å². The van der Waals surface area contributed by atoms with Gasteiger partial charge in [-0.2, -0.15) is 5.26 Å². The van der Waals surface area contributed by atoms with E-state index in [0.29, 0.717) is 6.42 Å². The Bertz CT molecular complexity index is 317. The summed E-state index contributed by atoms with van der Waals surface area (Å²) in [6.07, 6.45) is 4.20. The van der Waals surface area contributed by atoms with Crippen molar-refractivity contribution in [1.82, 2.24) is 0 Å². The minimum Gasteiger partial charge on any atom is -0.388 e. The summed E-state index contributed by atoms with van der Waals surface area (Å²) in [7, 11) is 0. The molecular formula is C11H13NO. The van der Waals surface area contributed by atoms with Crippen LogP contribution in [0.4, 0.5) is 0 Å².